The number of hydrogen-bond acceptors (Lipinski definition) is 3. The van der Waals surface area contributed by atoms with E-state index < -0.39 is 0 Å². The summed E-state index contributed by atoms with van der Waals surface area (Å²) in [6.45, 7) is 7.48. The molecule has 0 atom stereocenters. The SMILES string of the molecule is CCCN(CCC)CCc1cccc2c1CC(=O)N2CO. The Morgan fingerprint density at radius 3 is 2.52 bits per heavy atom. The van der Waals surface area contributed by atoms with Crippen molar-refractivity contribution in [2.75, 3.05) is 31.3 Å². The summed E-state index contributed by atoms with van der Waals surface area (Å²) in [6.07, 6.45) is 3.73. The highest BCUT2D eigenvalue weighted by atomic mass is 16.3. The van der Waals surface area contributed by atoms with Crippen LogP contribution in [-0.4, -0.2) is 42.3 Å². The lowest BCUT2D eigenvalue weighted by atomic mass is 10.0. The highest BCUT2D eigenvalue weighted by Gasteiger charge is 2.28. The van der Waals surface area contributed by atoms with Crippen molar-refractivity contribution in [3.05, 3.63) is 29.3 Å². The Hall–Kier alpha value is -1.39. The van der Waals surface area contributed by atoms with Crippen LogP contribution in [0, 0.1) is 0 Å². The number of fused-ring (bicyclic) bond motifs is 1. The van der Waals surface area contributed by atoms with E-state index in [0.29, 0.717) is 6.42 Å². The molecule has 0 unspecified atom stereocenters. The summed E-state index contributed by atoms with van der Waals surface area (Å²) in [7, 11) is 0. The maximum Gasteiger partial charge on any atom is 0.233 e. The van der Waals surface area contributed by atoms with Crippen molar-refractivity contribution in [3.8, 4) is 0 Å². The predicted octanol–water partition coefficient (Wildman–Crippen LogP) is 2.19. The average molecular weight is 290 g/mol. The van der Waals surface area contributed by atoms with Crippen LogP contribution in [0.5, 0.6) is 0 Å². The van der Waals surface area contributed by atoms with Crippen LogP contribution in [0.15, 0.2) is 18.2 Å². The van der Waals surface area contributed by atoms with Gasteiger partial charge in [0.1, 0.15) is 6.73 Å². The van der Waals surface area contributed by atoms with Gasteiger partial charge in [-0.05, 0) is 49.5 Å². The van der Waals surface area contributed by atoms with E-state index in [2.05, 4.69) is 24.8 Å². The molecular weight excluding hydrogens is 264 g/mol. The second-order valence-electron chi connectivity index (χ2n) is 5.65. The van der Waals surface area contributed by atoms with E-state index in [1.54, 1.807) is 0 Å². The van der Waals surface area contributed by atoms with Crippen molar-refractivity contribution in [1.29, 1.82) is 0 Å². The molecule has 0 saturated heterocycles. The Balaban J connectivity index is 2.08. The van der Waals surface area contributed by atoms with Crippen LogP contribution in [0.3, 0.4) is 0 Å². The molecule has 2 rings (SSSR count). The minimum Gasteiger partial charge on any atom is -0.376 e. The second-order valence-corrected chi connectivity index (χ2v) is 5.65. The van der Waals surface area contributed by atoms with Gasteiger partial charge in [0, 0.05) is 12.2 Å². The fourth-order valence-electron chi connectivity index (χ4n) is 3.09. The summed E-state index contributed by atoms with van der Waals surface area (Å²) in [4.78, 5) is 15.9. The van der Waals surface area contributed by atoms with Crippen molar-refractivity contribution in [2.45, 2.75) is 39.5 Å². The minimum atomic E-state index is -0.229. The van der Waals surface area contributed by atoms with E-state index in [-0.39, 0.29) is 12.6 Å². The van der Waals surface area contributed by atoms with Gasteiger partial charge in [-0.2, -0.15) is 0 Å². The van der Waals surface area contributed by atoms with Gasteiger partial charge in [0.15, 0.2) is 0 Å². The zero-order valence-corrected chi connectivity index (χ0v) is 13.1. The molecule has 1 N–H and O–H groups in total. The molecule has 0 bridgehead atoms. The topological polar surface area (TPSA) is 43.8 Å². The Labute approximate surface area is 127 Å². The van der Waals surface area contributed by atoms with Crippen molar-refractivity contribution >= 4 is 11.6 Å². The van der Waals surface area contributed by atoms with E-state index in [0.717, 1.165) is 37.3 Å². The van der Waals surface area contributed by atoms with E-state index in [1.807, 2.05) is 12.1 Å². The normalized spacial score (nSPS) is 14.1. The minimum absolute atomic E-state index is 0.000998. The summed E-state index contributed by atoms with van der Waals surface area (Å²) in [5.74, 6) is -0.000998. The number of aliphatic hydroxyl groups excluding tert-OH is 1. The van der Waals surface area contributed by atoms with Crippen LogP contribution in [0.4, 0.5) is 5.69 Å². The van der Waals surface area contributed by atoms with E-state index in [1.165, 1.54) is 23.3 Å². The molecular formula is C17H26N2O2. The summed E-state index contributed by atoms with van der Waals surface area (Å²) in [5.41, 5.74) is 3.23. The van der Waals surface area contributed by atoms with Crippen LogP contribution in [-0.2, 0) is 17.6 Å². The predicted molar refractivity (Wildman–Crippen MR) is 85.4 cm³/mol. The van der Waals surface area contributed by atoms with Gasteiger partial charge in [0.05, 0.1) is 6.42 Å². The first-order valence-electron chi connectivity index (χ1n) is 7.95. The summed E-state index contributed by atoms with van der Waals surface area (Å²) < 4.78 is 0. The third-order valence-corrected chi connectivity index (χ3v) is 4.09. The first-order valence-corrected chi connectivity index (χ1v) is 7.95. The number of carbonyl (C=O) groups excluding carboxylic acids is 1. The van der Waals surface area contributed by atoms with Gasteiger partial charge >= 0.3 is 0 Å². The third-order valence-electron chi connectivity index (χ3n) is 4.09. The van der Waals surface area contributed by atoms with E-state index in [4.69, 9.17) is 0 Å². The van der Waals surface area contributed by atoms with Crippen molar-refractivity contribution < 1.29 is 9.90 Å². The van der Waals surface area contributed by atoms with Gasteiger partial charge in [-0.15, -0.1) is 0 Å². The Morgan fingerprint density at radius 1 is 1.19 bits per heavy atom. The van der Waals surface area contributed by atoms with Crippen LogP contribution >= 0.6 is 0 Å². The van der Waals surface area contributed by atoms with Gasteiger partial charge in [-0.25, -0.2) is 0 Å². The van der Waals surface area contributed by atoms with Gasteiger partial charge in [0.25, 0.3) is 0 Å². The van der Waals surface area contributed by atoms with Crippen molar-refractivity contribution in [3.63, 3.8) is 0 Å². The van der Waals surface area contributed by atoms with Gasteiger partial charge in [-0.3, -0.25) is 9.69 Å². The number of hydrogen-bond donors (Lipinski definition) is 1. The lowest BCUT2D eigenvalue weighted by Gasteiger charge is -2.21. The molecule has 4 nitrogen and oxygen atoms in total. The fourth-order valence-corrected chi connectivity index (χ4v) is 3.09. The first kappa shape index (κ1) is 16.0. The largest absolute Gasteiger partial charge is 0.376 e. The number of benzene rings is 1. The average Bonchev–Trinajstić information content (AvgIpc) is 2.81. The maximum absolute atomic E-state index is 11.9. The molecule has 0 aliphatic carbocycles. The molecule has 0 radical (unpaired) electrons. The molecule has 0 fully saturated rings. The molecule has 21 heavy (non-hydrogen) atoms. The van der Waals surface area contributed by atoms with Crippen LogP contribution in [0.1, 0.15) is 37.8 Å². The molecule has 116 valence electrons. The summed E-state index contributed by atoms with van der Waals surface area (Å²) in [5, 5.41) is 9.33. The van der Waals surface area contributed by atoms with Crippen molar-refractivity contribution in [1.82, 2.24) is 4.90 Å². The number of nitrogens with zero attached hydrogens (tertiary/aromatic N) is 2. The number of amides is 1. The standard InChI is InChI=1S/C17H26N2O2/c1-3-9-18(10-4-2)11-8-14-6-5-7-16-15(14)12-17(21)19(16)13-20/h5-7,20H,3-4,8-13H2,1-2H3. The van der Waals surface area contributed by atoms with Gasteiger partial charge < -0.3 is 10.0 Å². The molecule has 1 aromatic rings. The maximum atomic E-state index is 11.9. The molecule has 4 heteroatoms. The molecule has 0 aromatic heterocycles. The first-order chi connectivity index (χ1) is 10.2. The van der Waals surface area contributed by atoms with Crippen LogP contribution in [0.2, 0.25) is 0 Å². The number of rotatable bonds is 8. The zero-order valence-electron chi connectivity index (χ0n) is 13.1. The molecule has 1 aromatic carbocycles. The Bertz CT molecular complexity index is 482. The molecule has 1 aliphatic rings. The summed E-state index contributed by atoms with van der Waals surface area (Å²) in [6, 6.07) is 6.03. The zero-order chi connectivity index (χ0) is 15.2. The lowest BCUT2D eigenvalue weighted by molar-refractivity contribution is -0.118. The highest BCUT2D eigenvalue weighted by molar-refractivity contribution is 6.01. The highest BCUT2D eigenvalue weighted by Crippen LogP contribution is 2.31. The number of anilines is 1. The van der Waals surface area contributed by atoms with E-state index >= 15 is 0 Å². The second kappa shape index (κ2) is 7.57. The molecule has 1 amide bonds. The fraction of sp³-hybridized carbons (Fsp3) is 0.588. The Morgan fingerprint density at radius 2 is 1.90 bits per heavy atom. The van der Waals surface area contributed by atoms with Crippen molar-refractivity contribution in [2.24, 2.45) is 0 Å². The summed E-state index contributed by atoms with van der Waals surface area (Å²) >= 11 is 0. The lowest BCUT2D eigenvalue weighted by Crippen LogP contribution is -2.28. The van der Waals surface area contributed by atoms with Gasteiger partial charge in [-0.1, -0.05) is 26.0 Å². The van der Waals surface area contributed by atoms with Crippen LogP contribution < -0.4 is 4.90 Å². The van der Waals surface area contributed by atoms with Gasteiger partial charge in [0.2, 0.25) is 5.91 Å². The monoisotopic (exact) mass is 290 g/mol. The third kappa shape index (κ3) is 3.63. The smallest absolute Gasteiger partial charge is 0.233 e. The van der Waals surface area contributed by atoms with Crippen LogP contribution in [0.25, 0.3) is 0 Å². The number of aliphatic hydroxyl groups is 1. The molecule has 1 heterocycles. The molecule has 0 spiro atoms. The Kier molecular flexibility index (Phi) is 5.76. The molecule has 1 aliphatic heterocycles. The molecule has 0 saturated carbocycles. The number of carbonyl (C=O) groups is 1. The quantitative estimate of drug-likeness (QED) is 0.798. The van der Waals surface area contributed by atoms with E-state index in [9.17, 15) is 9.90 Å².